The van der Waals surface area contributed by atoms with E-state index >= 15 is 0 Å². The summed E-state index contributed by atoms with van der Waals surface area (Å²) in [6.45, 7) is -0.276. The van der Waals surface area contributed by atoms with Crippen molar-refractivity contribution in [3.63, 3.8) is 0 Å². The van der Waals surface area contributed by atoms with E-state index in [4.69, 9.17) is 11.6 Å². The van der Waals surface area contributed by atoms with Gasteiger partial charge in [-0.1, -0.05) is 41.9 Å². The van der Waals surface area contributed by atoms with Crippen LogP contribution in [0.2, 0.25) is 5.02 Å². The standard InChI is InChI=1S/C15H16ClNO3S/c16-13-6-8-15(9-7-13)21(19,20)17-14(11-18)10-12-4-2-1-3-5-12/h1-9,14,17-18H,10-11H2. The first-order chi connectivity index (χ1) is 10.0. The number of aliphatic hydroxyl groups excluding tert-OH is 1. The van der Waals surface area contributed by atoms with E-state index < -0.39 is 16.1 Å². The summed E-state index contributed by atoms with van der Waals surface area (Å²) in [4.78, 5) is 0.124. The Morgan fingerprint density at radius 3 is 2.24 bits per heavy atom. The molecule has 0 radical (unpaired) electrons. The number of aliphatic hydroxyl groups is 1. The van der Waals surface area contributed by atoms with Gasteiger partial charge in [0.2, 0.25) is 10.0 Å². The van der Waals surface area contributed by atoms with Crippen molar-refractivity contribution in [1.29, 1.82) is 0 Å². The van der Waals surface area contributed by atoms with Crippen LogP contribution in [-0.4, -0.2) is 26.2 Å². The Morgan fingerprint density at radius 1 is 1.05 bits per heavy atom. The van der Waals surface area contributed by atoms with Crippen molar-refractivity contribution in [3.8, 4) is 0 Å². The van der Waals surface area contributed by atoms with Gasteiger partial charge in [-0.15, -0.1) is 0 Å². The van der Waals surface area contributed by atoms with Crippen LogP contribution < -0.4 is 4.72 Å². The summed E-state index contributed by atoms with van der Waals surface area (Å²) in [5, 5.41) is 9.86. The minimum absolute atomic E-state index is 0.124. The van der Waals surface area contributed by atoms with Crippen LogP contribution in [-0.2, 0) is 16.4 Å². The zero-order valence-electron chi connectivity index (χ0n) is 11.2. The van der Waals surface area contributed by atoms with Crippen LogP contribution >= 0.6 is 11.6 Å². The fourth-order valence-corrected chi connectivity index (χ4v) is 3.30. The molecule has 0 fully saturated rings. The first-order valence-electron chi connectivity index (χ1n) is 6.44. The van der Waals surface area contributed by atoms with E-state index in [-0.39, 0.29) is 11.5 Å². The molecule has 2 aromatic carbocycles. The first-order valence-corrected chi connectivity index (χ1v) is 8.30. The topological polar surface area (TPSA) is 66.4 Å². The Kier molecular flexibility index (Phi) is 5.36. The Labute approximate surface area is 129 Å². The molecule has 1 unspecified atom stereocenters. The molecule has 0 spiro atoms. The molecule has 21 heavy (non-hydrogen) atoms. The van der Waals surface area contributed by atoms with Gasteiger partial charge in [0.05, 0.1) is 11.5 Å². The fraction of sp³-hybridized carbons (Fsp3) is 0.200. The smallest absolute Gasteiger partial charge is 0.240 e. The van der Waals surface area contributed by atoms with Gasteiger partial charge in [0.25, 0.3) is 0 Å². The number of rotatable bonds is 6. The van der Waals surface area contributed by atoms with E-state index in [1.165, 1.54) is 24.3 Å². The van der Waals surface area contributed by atoms with Crippen molar-refractivity contribution in [3.05, 3.63) is 65.2 Å². The number of sulfonamides is 1. The number of hydrogen-bond acceptors (Lipinski definition) is 3. The molecule has 2 N–H and O–H groups in total. The molecule has 1 atom stereocenters. The molecule has 0 aliphatic carbocycles. The second-order valence-corrected chi connectivity index (χ2v) is 6.79. The maximum absolute atomic E-state index is 12.2. The molecule has 0 amide bonds. The van der Waals surface area contributed by atoms with Crippen LogP contribution in [0.15, 0.2) is 59.5 Å². The predicted octanol–water partition coefficient (Wildman–Crippen LogP) is 2.22. The second kappa shape index (κ2) is 7.04. The van der Waals surface area contributed by atoms with Gasteiger partial charge in [0, 0.05) is 11.1 Å². The molecule has 0 aliphatic rings. The first kappa shape index (κ1) is 16.0. The van der Waals surface area contributed by atoms with Gasteiger partial charge in [-0.2, -0.15) is 0 Å². The molecule has 2 aromatic rings. The van der Waals surface area contributed by atoms with Crippen LogP contribution in [0, 0.1) is 0 Å². The quantitative estimate of drug-likeness (QED) is 0.856. The molecule has 0 saturated carbocycles. The van der Waals surface area contributed by atoms with Gasteiger partial charge in [0.15, 0.2) is 0 Å². The summed E-state index contributed by atoms with van der Waals surface area (Å²) >= 11 is 5.75. The molecule has 0 bridgehead atoms. The normalized spacial score (nSPS) is 13.0. The maximum atomic E-state index is 12.2. The highest BCUT2D eigenvalue weighted by Gasteiger charge is 2.19. The fourth-order valence-electron chi connectivity index (χ4n) is 1.94. The average molecular weight is 326 g/mol. The average Bonchev–Trinajstić information content (AvgIpc) is 2.48. The van der Waals surface area contributed by atoms with E-state index in [1.807, 2.05) is 30.3 Å². The van der Waals surface area contributed by atoms with Gasteiger partial charge >= 0.3 is 0 Å². The van der Waals surface area contributed by atoms with Crippen LogP contribution in [0.25, 0.3) is 0 Å². The van der Waals surface area contributed by atoms with Crippen molar-refractivity contribution in [1.82, 2.24) is 4.72 Å². The molecule has 0 aliphatic heterocycles. The van der Waals surface area contributed by atoms with Gasteiger partial charge < -0.3 is 5.11 Å². The number of halogens is 1. The van der Waals surface area contributed by atoms with Crippen molar-refractivity contribution in [2.75, 3.05) is 6.61 Å². The lowest BCUT2D eigenvalue weighted by Gasteiger charge is -2.16. The monoisotopic (exact) mass is 325 g/mol. The van der Waals surface area contributed by atoms with E-state index in [2.05, 4.69) is 4.72 Å². The lowest BCUT2D eigenvalue weighted by Crippen LogP contribution is -2.39. The molecule has 0 heterocycles. The molecule has 0 aromatic heterocycles. The van der Waals surface area contributed by atoms with Crippen molar-refractivity contribution in [2.24, 2.45) is 0 Å². The second-order valence-electron chi connectivity index (χ2n) is 4.64. The summed E-state index contributed by atoms with van der Waals surface area (Å²) in [5.74, 6) is 0. The summed E-state index contributed by atoms with van der Waals surface area (Å²) in [5.41, 5.74) is 0.954. The van der Waals surface area contributed by atoms with Crippen LogP contribution in [0.4, 0.5) is 0 Å². The highest BCUT2D eigenvalue weighted by atomic mass is 35.5. The lowest BCUT2D eigenvalue weighted by atomic mass is 10.1. The summed E-state index contributed by atoms with van der Waals surface area (Å²) in [6, 6.07) is 14.7. The molecule has 0 saturated heterocycles. The van der Waals surface area contributed by atoms with E-state index in [1.54, 1.807) is 0 Å². The Morgan fingerprint density at radius 2 is 1.67 bits per heavy atom. The molecule has 112 valence electrons. The largest absolute Gasteiger partial charge is 0.395 e. The number of hydrogen-bond donors (Lipinski definition) is 2. The molecule has 6 heteroatoms. The van der Waals surface area contributed by atoms with Crippen molar-refractivity contribution >= 4 is 21.6 Å². The lowest BCUT2D eigenvalue weighted by molar-refractivity contribution is 0.256. The molecular formula is C15H16ClNO3S. The number of benzene rings is 2. The van der Waals surface area contributed by atoms with Crippen molar-refractivity contribution in [2.45, 2.75) is 17.4 Å². The third-order valence-electron chi connectivity index (χ3n) is 2.99. The van der Waals surface area contributed by atoms with E-state index in [9.17, 15) is 13.5 Å². The highest BCUT2D eigenvalue weighted by Crippen LogP contribution is 2.15. The van der Waals surface area contributed by atoms with E-state index in [0.29, 0.717) is 11.4 Å². The minimum Gasteiger partial charge on any atom is -0.395 e. The summed E-state index contributed by atoms with van der Waals surface area (Å²) < 4.78 is 27.0. The third kappa shape index (κ3) is 4.54. The summed E-state index contributed by atoms with van der Waals surface area (Å²) in [7, 11) is -3.68. The predicted molar refractivity (Wildman–Crippen MR) is 82.8 cm³/mol. The van der Waals surface area contributed by atoms with Crippen molar-refractivity contribution < 1.29 is 13.5 Å². The molecule has 4 nitrogen and oxygen atoms in total. The van der Waals surface area contributed by atoms with Crippen LogP contribution in [0.1, 0.15) is 5.56 Å². The van der Waals surface area contributed by atoms with Gasteiger partial charge in [-0.25, -0.2) is 13.1 Å². The van der Waals surface area contributed by atoms with Crippen LogP contribution in [0.5, 0.6) is 0 Å². The zero-order valence-corrected chi connectivity index (χ0v) is 12.8. The van der Waals surface area contributed by atoms with Gasteiger partial charge in [0.1, 0.15) is 0 Å². The Bertz CT molecular complexity index is 672. The van der Waals surface area contributed by atoms with Gasteiger partial charge in [-0.05, 0) is 36.2 Å². The SMILES string of the molecule is O=S(=O)(NC(CO)Cc1ccccc1)c1ccc(Cl)cc1. The van der Waals surface area contributed by atoms with Crippen LogP contribution in [0.3, 0.4) is 0 Å². The Balaban J connectivity index is 2.12. The zero-order chi connectivity index (χ0) is 15.3. The molecule has 2 rings (SSSR count). The highest BCUT2D eigenvalue weighted by molar-refractivity contribution is 7.89. The third-order valence-corrected chi connectivity index (χ3v) is 4.78. The maximum Gasteiger partial charge on any atom is 0.240 e. The number of nitrogens with one attached hydrogen (secondary N) is 1. The summed E-state index contributed by atoms with van der Waals surface area (Å²) in [6.07, 6.45) is 0.421. The van der Waals surface area contributed by atoms with Gasteiger partial charge in [-0.3, -0.25) is 0 Å². The Hall–Kier alpha value is -1.40. The van der Waals surface area contributed by atoms with E-state index in [0.717, 1.165) is 5.56 Å². The molecular weight excluding hydrogens is 310 g/mol. The minimum atomic E-state index is -3.68.